The molecule has 0 aliphatic heterocycles. The van der Waals surface area contributed by atoms with Crippen LogP contribution < -0.4 is 10.0 Å². The van der Waals surface area contributed by atoms with Gasteiger partial charge in [-0.2, -0.15) is 0 Å². The molecule has 0 radical (unpaired) electrons. The van der Waals surface area contributed by atoms with Crippen LogP contribution in [0, 0.1) is 0 Å². The number of anilines is 3. The van der Waals surface area contributed by atoms with Crippen molar-refractivity contribution in [2.45, 2.75) is 17.6 Å². The zero-order valence-corrected chi connectivity index (χ0v) is 14.7. The number of nitrogens with zero attached hydrogens (tertiary/aromatic N) is 1. The zero-order valence-electron chi connectivity index (χ0n) is 13.1. The van der Waals surface area contributed by atoms with Crippen molar-refractivity contribution in [1.82, 2.24) is 4.98 Å². The number of para-hydroxylation sites is 1. The van der Waals surface area contributed by atoms with Crippen LogP contribution in [0.25, 0.3) is 0 Å². The molecule has 0 amide bonds. The number of rotatable bonds is 6. The molecule has 5 nitrogen and oxygen atoms in total. The molecule has 0 bridgehead atoms. The maximum absolute atomic E-state index is 12.4. The molecule has 0 fully saturated rings. The summed E-state index contributed by atoms with van der Waals surface area (Å²) in [6.45, 7) is 2.00. The lowest BCUT2D eigenvalue weighted by atomic mass is 10.3. The SMILES string of the molecule is CCc1ccc(S(=O)(=O)Nc2ccc(Nc3ccccc3)cn2)s1. The fraction of sp³-hybridized carbons (Fsp3) is 0.118. The number of pyridine rings is 1. The Hall–Kier alpha value is -2.38. The molecule has 3 aromatic rings. The average Bonchev–Trinajstić information content (AvgIpc) is 3.08. The van der Waals surface area contributed by atoms with Crippen molar-refractivity contribution in [1.29, 1.82) is 0 Å². The molecule has 124 valence electrons. The predicted molar refractivity (Wildman–Crippen MR) is 98.5 cm³/mol. The van der Waals surface area contributed by atoms with Crippen molar-refractivity contribution in [2.24, 2.45) is 0 Å². The quantitative estimate of drug-likeness (QED) is 0.690. The predicted octanol–water partition coefficient (Wildman–Crippen LogP) is 4.25. The van der Waals surface area contributed by atoms with Crippen molar-refractivity contribution in [3.05, 3.63) is 65.7 Å². The summed E-state index contributed by atoms with van der Waals surface area (Å²) in [5.74, 6) is 0.292. The van der Waals surface area contributed by atoms with Gasteiger partial charge in [-0.1, -0.05) is 25.1 Å². The van der Waals surface area contributed by atoms with E-state index in [-0.39, 0.29) is 0 Å². The van der Waals surface area contributed by atoms with E-state index in [0.717, 1.165) is 22.7 Å². The fourth-order valence-corrected chi connectivity index (χ4v) is 4.40. The second-order valence-corrected chi connectivity index (χ2v) is 8.18. The summed E-state index contributed by atoms with van der Waals surface area (Å²) in [7, 11) is -3.59. The van der Waals surface area contributed by atoms with Gasteiger partial charge in [-0.15, -0.1) is 11.3 Å². The number of aryl methyl sites for hydroxylation is 1. The Labute approximate surface area is 145 Å². The summed E-state index contributed by atoms with van der Waals surface area (Å²) in [6, 6.07) is 16.6. The van der Waals surface area contributed by atoms with Crippen LogP contribution in [-0.4, -0.2) is 13.4 Å². The van der Waals surface area contributed by atoms with Crippen LogP contribution >= 0.6 is 11.3 Å². The van der Waals surface area contributed by atoms with E-state index in [9.17, 15) is 8.42 Å². The van der Waals surface area contributed by atoms with E-state index in [1.807, 2.05) is 43.3 Å². The first-order chi connectivity index (χ1) is 11.6. The maximum atomic E-state index is 12.4. The van der Waals surface area contributed by atoms with E-state index in [1.54, 1.807) is 24.4 Å². The highest BCUT2D eigenvalue weighted by molar-refractivity contribution is 7.94. The molecule has 0 atom stereocenters. The van der Waals surface area contributed by atoms with E-state index in [1.165, 1.54) is 11.3 Å². The standard InChI is InChI=1S/C17H17N3O2S2/c1-2-15-9-11-17(23-15)24(21,22)20-16-10-8-14(12-18-16)19-13-6-4-3-5-7-13/h3-12,19H,2H2,1H3,(H,18,20). The summed E-state index contributed by atoms with van der Waals surface area (Å²) in [5, 5.41) is 3.20. The first-order valence-electron chi connectivity index (χ1n) is 7.46. The molecule has 3 rings (SSSR count). The van der Waals surface area contributed by atoms with E-state index in [0.29, 0.717) is 10.0 Å². The molecule has 24 heavy (non-hydrogen) atoms. The lowest BCUT2D eigenvalue weighted by Crippen LogP contribution is -2.12. The molecule has 0 unspecified atom stereocenters. The number of nitrogens with one attached hydrogen (secondary N) is 2. The van der Waals surface area contributed by atoms with Crippen LogP contribution in [0.2, 0.25) is 0 Å². The lowest BCUT2D eigenvalue weighted by molar-refractivity contribution is 0.603. The Bertz CT molecular complexity index is 905. The topological polar surface area (TPSA) is 71.1 Å². The summed E-state index contributed by atoms with van der Waals surface area (Å²) in [6.07, 6.45) is 2.41. The number of hydrogen-bond acceptors (Lipinski definition) is 5. The van der Waals surface area contributed by atoms with Gasteiger partial charge in [-0.25, -0.2) is 13.4 Å². The van der Waals surface area contributed by atoms with Gasteiger partial charge in [0.2, 0.25) is 0 Å². The molecule has 2 heterocycles. The van der Waals surface area contributed by atoms with Gasteiger partial charge < -0.3 is 5.32 Å². The number of aromatic nitrogens is 1. The van der Waals surface area contributed by atoms with Crippen LogP contribution in [0.15, 0.2) is 65.0 Å². The highest BCUT2D eigenvalue weighted by Gasteiger charge is 2.17. The van der Waals surface area contributed by atoms with Crippen LogP contribution in [0.4, 0.5) is 17.2 Å². The van der Waals surface area contributed by atoms with Gasteiger partial charge in [0.1, 0.15) is 10.0 Å². The third-order valence-electron chi connectivity index (χ3n) is 3.32. The average molecular weight is 359 g/mol. The maximum Gasteiger partial charge on any atom is 0.272 e. The van der Waals surface area contributed by atoms with Gasteiger partial charge in [0.15, 0.2) is 0 Å². The molecule has 7 heteroatoms. The summed E-state index contributed by atoms with van der Waals surface area (Å²) in [4.78, 5) is 5.20. The number of sulfonamides is 1. The Morgan fingerprint density at radius 3 is 2.42 bits per heavy atom. The van der Waals surface area contributed by atoms with Crippen LogP contribution in [0.5, 0.6) is 0 Å². The van der Waals surface area contributed by atoms with Crippen molar-refractivity contribution in [3.8, 4) is 0 Å². The minimum atomic E-state index is -3.59. The van der Waals surface area contributed by atoms with E-state index in [2.05, 4.69) is 15.0 Å². The molecule has 2 N–H and O–H groups in total. The summed E-state index contributed by atoms with van der Waals surface area (Å²) in [5.41, 5.74) is 1.73. The summed E-state index contributed by atoms with van der Waals surface area (Å²) >= 11 is 1.27. The van der Waals surface area contributed by atoms with Gasteiger partial charge >= 0.3 is 0 Å². The first kappa shape index (κ1) is 16.5. The molecular formula is C17H17N3O2S2. The molecule has 0 saturated heterocycles. The minimum Gasteiger partial charge on any atom is -0.354 e. The molecule has 2 aromatic heterocycles. The Balaban J connectivity index is 1.71. The molecule has 0 saturated carbocycles. The molecule has 0 aliphatic rings. The van der Waals surface area contributed by atoms with Gasteiger partial charge in [0, 0.05) is 10.6 Å². The number of hydrogen-bond donors (Lipinski definition) is 2. The van der Waals surface area contributed by atoms with Crippen LogP contribution in [0.1, 0.15) is 11.8 Å². The van der Waals surface area contributed by atoms with E-state index < -0.39 is 10.0 Å². The largest absolute Gasteiger partial charge is 0.354 e. The number of thiophene rings is 1. The van der Waals surface area contributed by atoms with Crippen molar-refractivity contribution >= 4 is 38.6 Å². The Morgan fingerprint density at radius 2 is 1.79 bits per heavy atom. The molecular weight excluding hydrogens is 342 g/mol. The van der Waals surface area contributed by atoms with Gasteiger partial charge in [0.05, 0.1) is 11.9 Å². The first-order valence-corrected chi connectivity index (χ1v) is 9.76. The Kier molecular flexibility index (Phi) is 4.82. The lowest BCUT2D eigenvalue weighted by Gasteiger charge is -2.08. The third kappa shape index (κ3) is 3.93. The summed E-state index contributed by atoms with van der Waals surface area (Å²) < 4.78 is 27.5. The third-order valence-corrected chi connectivity index (χ3v) is 6.39. The molecule has 0 aliphatic carbocycles. The zero-order chi connectivity index (χ0) is 17.0. The minimum absolute atomic E-state index is 0.292. The Morgan fingerprint density at radius 1 is 1.00 bits per heavy atom. The second kappa shape index (κ2) is 7.02. The van der Waals surface area contributed by atoms with Crippen LogP contribution in [0.3, 0.4) is 0 Å². The van der Waals surface area contributed by atoms with E-state index >= 15 is 0 Å². The number of benzene rings is 1. The second-order valence-electron chi connectivity index (χ2n) is 5.10. The van der Waals surface area contributed by atoms with Gasteiger partial charge in [-0.05, 0) is 42.8 Å². The van der Waals surface area contributed by atoms with Crippen molar-refractivity contribution < 1.29 is 8.42 Å². The van der Waals surface area contributed by atoms with Gasteiger partial charge in [-0.3, -0.25) is 4.72 Å². The highest BCUT2D eigenvalue weighted by Crippen LogP contribution is 2.24. The fourth-order valence-electron chi connectivity index (χ4n) is 2.10. The normalized spacial score (nSPS) is 11.2. The smallest absolute Gasteiger partial charge is 0.272 e. The van der Waals surface area contributed by atoms with Crippen molar-refractivity contribution in [3.63, 3.8) is 0 Å². The van der Waals surface area contributed by atoms with E-state index in [4.69, 9.17) is 0 Å². The van der Waals surface area contributed by atoms with Gasteiger partial charge in [0.25, 0.3) is 10.0 Å². The molecule has 1 aromatic carbocycles. The van der Waals surface area contributed by atoms with Crippen LogP contribution in [-0.2, 0) is 16.4 Å². The molecule has 0 spiro atoms. The monoisotopic (exact) mass is 359 g/mol. The van der Waals surface area contributed by atoms with Crippen molar-refractivity contribution in [2.75, 3.05) is 10.0 Å². The highest BCUT2D eigenvalue weighted by atomic mass is 32.2.